The second-order valence-electron chi connectivity index (χ2n) is 7.77. The van der Waals surface area contributed by atoms with Gasteiger partial charge in [0, 0.05) is 29.4 Å². The highest BCUT2D eigenvalue weighted by Gasteiger charge is 2.24. The van der Waals surface area contributed by atoms with Crippen molar-refractivity contribution in [1.29, 1.82) is 0 Å². The van der Waals surface area contributed by atoms with Crippen LogP contribution in [0.3, 0.4) is 0 Å². The molecule has 0 amide bonds. The molecular formula is C23H28FN3O. The van der Waals surface area contributed by atoms with Crippen LogP contribution in [-0.2, 0) is 0 Å². The maximum atomic E-state index is 13.7. The highest BCUT2D eigenvalue weighted by Crippen LogP contribution is 2.35. The van der Waals surface area contributed by atoms with E-state index < -0.39 is 0 Å². The van der Waals surface area contributed by atoms with Gasteiger partial charge in [0.1, 0.15) is 11.6 Å². The van der Waals surface area contributed by atoms with E-state index in [1.54, 1.807) is 7.11 Å². The number of aromatic nitrogens is 1. The Kier molecular flexibility index (Phi) is 5.62. The molecule has 1 atom stereocenters. The summed E-state index contributed by atoms with van der Waals surface area (Å²) in [7, 11) is 3.72. The summed E-state index contributed by atoms with van der Waals surface area (Å²) in [5.74, 6) is 1.45. The minimum Gasteiger partial charge on any atom is -0.497 e. The summed E-state index contributed by atoms with van der Waals surface area (Å²) in [4.78, 5) is 4.64. The van der Waals surface area contributed by atoms with Crippen molar-refractivity contribution in [3.05, 3.63) is 42.2 Å². The zero-order valence-electron chi connectivity index (χ0n) is 16.6. The molecule has 1 aliphatic carbocycles. The molecule has 148 valence electrons. The Morgan fingerprint density at radius 1 is 1.14 bits per heavy atom. The minimum absolute atomic E-state index is 0.268. The summed E-state index contributed by atoms with van der Waals surface area (Å²) < 4.78 is 19.1. The van der Waals surface area contributed by atoms with E-state index in [9.17, 15) is 4.39 Å². The Morgan fingerprint density at radius 2 is 2.00 bits per heavy atom. The summed E-state index contributed by atoms with van der Waals surface area (Å²) in [6.07, 6.45) is 6.30. The summed E-state index contributed by atoms with van der Waals surface area (Å²) in [6.45, 7) is 0.867. The summed E-state index contributed by atoms with van der Waals surface area (Å²) in [5, 5.41) is 9.00. The van der Waals surface area contributed by atoms with Crippen LogP contribution in [-0.4, -0.2) is 31.7 Å². The molecule has 1 saturated carbocycles. The number of nitrogens with zero attached hydrogens (tertiary/aromatic N) is 1. The zero-order chi connectivity index (χ0) is 19.5. The van der Waals surface area contributed by atoms with Crippen molar-refractivity contribution >= 4 is 27.5 Å². The van der Waals surface area contributed by atoms with E-state index in [1.165, 1.54) is 31.4 Å². The van der Waals surface area contributed by atoms with Crippen LogP contribution in [0.25, 0.3) is 21.8 Å². The third-order valence-corrected chi connectivity index (χ3v) is 5.70. The SMILES string of the molecule is CNC(CCCNc1c2ccc(F)cc2nc2ccc(OC)cc12)CC1CC1. The molecule has 1 aromatic heterocycles. The predicted octanol–water partition coefficient (Wildman–Crippen LogP) is 5.12. The number of anilines is 1. The fraction of sp³-hybridized carbons (Fsp3) is 0.435. The molecule has 0 aliphatic heterocycles. The fourth-order valence-electron chi connectivity index (χ4n) is 3.91. The zero-order valence-corrected chi connectivity index (χ0v) is 16.6. The molecule has 1 unspecified atom stereocenters. The van der Waals surface area contributed by atoms with Crippen LogP contribution in [0.15, 0.2) is 36.4 Å². The van der Waals surface area contributed by atoms with Crippen LogP contribution in [0.5, 0.6) is 5.75 Å². The highest BCUT2D eigenvalue weighted by molar-refractivity contribution is 6.07. The first kappa shape index (κ1) is 18.9. The van der Waals surface area contributed by atoms with Gasteiger partial charge in [-0.3, -0.25) is 0 Å². The predicted molar refractivity (Wildman–Crippen MR) is 114 cm³/mol. The number of pyridine rings is 1. The lowest BCUT2D eigenvalue weighted by atomic mass is 10.0. The van der Waals surface area contributed by atoms with Gasteiger partial charge < -0.3 is 15.4 Å². The first-order valence-corrected chi connectivity index (χ1v) is 10.2. The van der Waals surface area contributed by atoms with Crippen LogP contribution in [0.1, 0.15) is 32.1 Å². The average Bonchev–Trinajstić information content (AvgIpc) is 3.53. The maximum Gasteiger partial charge on any atom is 0.125 e. The van der Waals surface area contributed by atoms with Gasteiger partial charge >= 0.3 is 0 Å². The van der Waals surface area contributed by atoms with Gasteiger partial charge in [-0.2, -0.15) is 0 Å². The largest absolute Gasteiger partial charge is 0.497 e. The van der Waals surface area contributed by atoms with Gasteiger partial charge in [-0.05, 0) is 62.6 Å². The van der Waals surface area contributed by atoms with Gasteiger partial charge in [-0.1, -0.05) is 12.8 Å². The van der Waals surface area contributed by atoms with Crippen LogP contribution >= 0.6 is 0 Å². The summed E-state index contributed by atoms with van der Waals surface area (Å²) in [5.41, 5.74) is 2.51. The lowest BCUT2D eigenvalue weighted by Gasteiger charge is -2.17. The number of halogens is 1. The fourth-order valence-corrected chi connectivity index (χ4v) is 3.91. The van der Waals surface area contributed by atoms with E-state index in [0.717, 1.165) is 53.0 Å². The lowest BCUT2D eigenvalue weighted by Crippen LogP contribution is -2.26. The van der Waals surface area contributed by atoms with Gasteiger partial charge in [0.05, 0.1) is 23.8 Å². The van der Waals surface area contributed by atoms with E-state index in [2.05, 4.69) is 22.7 Å². The Hall–Kier alpha value is -2.40. The van der Waals surface area contributed by atoms with Crippen LogP contribution in [0, 0.1) is 11.7 Å². The third-order valence-electron chi connectivity index (χ3n) is 5.70. The van der Waals surface area contributed by atoms with E-state index in [0.29, 0.717) is 11.6 Å². The first-order chi connectivity index (χ1) is 13.7. The third kappa shape index (κ3) is 4.20. The number of nitrogens with one attached hydrogen (secondary N) is 2. The van der Waals surface area contributed by atoms with E-state index in [1.807, 2.05) is 24.3 Å². The van der Waals surface area contributed by atoms with Crippen molar-refractivity contribution in [2.75, 3.05) is 26.0 Å². The average molecular weight is 381 g/mol. The Balaban J connectivity index is 1.57. The second-order valence-corrected chi connectivity index (χ2v) is 7.77. The van der Waals surface area contributed by atoms with E-state index >= 15 is 0 Å². The van der Waals surface area contributed by atoms with Gasteiger partial charge in [-0.25, -0.2) is 9.37 Å². The molecule has 1 fully saturated rings. The molecular weight excluding hydrogens is 353 g/mol. The van der Waals surface area contributed by atoms with E-state index in [4.69, 9.17) is 4.74 Å². The Morgan fingerprint density at radius 3 is 2.75 bits per heavy atom. The van der Waals surface area contributed by atoms with Crippen molar-refractivity contribution in [3.8, 4) is 5.75 Å². The number of hydrogen-bond acceptors (Lipinski definition) is 4. The Labute approximate surface area is 165 Å². The number of ether oxygens (including phenoxy) is 1. The molecule has 28 heavy (non-hydrogen) atoms. The quantitative estimate of drug-likeness (QED) is 0.399. The van der Waals surface area contributed by atoms with Crippen molar-refractivity contribution in [3.63, 3.8) is 0 Å². The summed E-state index contributed by atoms with van der Waals surface area (Å²) in [6, 6.07) is 11.2. The van der Waals surface area contributed by atoms with Crippen molar-refractivity contribution in [2.24, 2.45) is 5.92 Å². The van der Waals surface area contributed by atoms with E-state index in [-0.39, 0.29) is 5.82 Å². The second kappa shape index (κ2) is 8.31. The number of benzene rings is 2. The normalized spacial score (nSPS) is 15.1. The summed E-state index contributed by atoms with van der Waals surface area (Å²) >= 11 is 0. The highest BCUT2D eigenvalue weighted by atomic mass is 19.1. The minimum atomic E-state index is -0.268. The van der Waals surface area contributed by atoms with Crippen molar-refractivity contribution in [2.45, 2.75) is 38.1 Å². The molecule has 0 radical (unpaired) electrons. The van der Waals surface area contributed by atoms with Crippen LogP contribution < -0.4 is 15.4 Å². The molecule has 2 N–H and O–H groups in total. The van der Waals surface area contributed by atoms with Crippen molar-refractivity contribution < 1.29 is 9.13 Å². The van der Waals surface area contributed by atoms with Gasteiger partial charge in [0.15, 0.2) is 0 Å². The molecule has 1 aliphatic rings. The molecule has 0 bridgehead atoms. The molecule has 2 aromatic carbocycles. The Bertz CT molecular complexity index is 971. The standard InChI is InChI=1S/C23H28FN3O/c1-25-17(12-15-5-6-15)4-3-11-26-23-19-9-7-16(24)13-22(19)27-21-10-8-18(28-2)14-20(21)23/h7-10,13-15,17,25H,3-6,11-12H2,1-2H3,(H,26,27). The van der Waals surface area contributed by atoms with Gasteiger partial charge in [0.25, 0.3) is 0 Å². The molecule has 1 heterocycles. The number of fused-ring (bicyclic) bond motifs is 2. The van der Waals surface area contributed by atoms with Gasteiger partial charge in [0.2, 0.25) is 0 Å². The molecule has 3 aromatic rings. The maximum absolute atomic E-state index is 13.7. The van der Waals surface area contributed by atoms with Crippen LogP contribution in [0.4, 0.5) is 10.1 Å². The molecule has 0 saturated heterocycles. The van der Waals surface area contributed by atoms with Crippen LogP contribution in [0.2, 0.25) is 0 Å². The monoisotopic (exact) mass is 381 g/mol. The number of rotatable bonds is 9. The van der Waals surface area contributed by atoms with Crippen molar-refractivity contribution in [1.82, 2.24) is 10.3 Å². The molecule has 4 nitrogen and oxygen atoms in total. The number of methoxy groups -OCH3 is 1. The first-order valence-electron chi connectivity index (χ1n) is 10.2. The molecule has 0 spiro atoms. The lowest BCUT2D eigenvalue weighted by molar-refractivity contribution is 0.415. The molecule has 4 rings (SSSR count). The van der Waals surface area contributed by atoms with Gasteiger partial charge in [-0.15, -0.1) is 0 Å². The smallest absolute Gasteiger partial charge is 0.125 e. The number of hydrogen-bond donors (Lipinski definition) is 2. The molecule has 5 heteroatoms. The topological polar surface area (TPSA) is 46.2 Å².